The lowest BCUT2D eigenvalue weighted by atomic mass is 10.1. The second-order valence-corrected chi connectivity index (χ2v) is 5.40. The van der Waals surface area contributed by atoms with Gasteiger partial charge in [-0.2, -0.15) is 11.8 Å². The zero-order valence-electron chi connectivity index (χ0n) is 10.3. The minimum atomic E-state index is 0.740. The highest BCUT2D eigenvalue weighted by atomic mass is 32.2. The van der Waals surface area contributed by atoms with E-state index in [2.05, 4.69) is 44.8 Å². The first-order chi connectivity index (χ1) is 6.70. The highest BCUT2D eigenvalue weighted by Crippen LogP contribution is 2.12. The van der Waals surface area contributed by atoms with Crippen LogP contribution in [0.5, 0.6) is 0 Å². The monoisotopic (exact) mass is 217 g/mol. The predicted molar refractivity (Wildman–Crippen MR) is 69.2 cm³/mol. The second-order valence-electron chi connectivity index (χ2n) is 4.33. The van der Waals surface area contributed by atoms with E-state index in [4.69, 9.17) is 0 Å². The first-order valence-corrected chi connectivity index (χ1v) is 7.17. The number of hydrogen-bond donors (Lipinski definition) is 1. The van der Waals surface area contributed by atoms with E-state index in [1.165, 1.54) is 30.8 Å². The molecule has 0 aliphatic rings. The van der Waals surface area contributed by atoms with E-state index in [1.54, 1.807) is 0 Å². The van der Waals surface area contributed by atoms with Crippen LogP contribution in [0.4, 0.5) is 0 Å². The van der Waals surface area contributed by atoms with Crippen LogP contribution in [0.3, 0.4) is 0 Å². The Morgan fingerprint density at radius 3 is 2.36 bits per heavy atom. The zero-order valence-corrected chi connectivity index (χ0v) is 11.1. The predicted octanol–water partition coefficient (Wildman–Crippen LogP) is 3.54. The molecule has 14 heavy (non-hydrogen) atoms. The van der Waals surface area contributed by atoms with E-state index < -0.39 is 0 Å². The summed E-state index contributed by atoms with van der Waals surface area (Å²) in [6, 6.07) is 0.740. The molecule has 0 aliphatic carbocycles. The summed E-state index contributed by atoms with van der Waals surface area (Å²) < 4.78 is 0. The third-order valence-electron chi connectivity index (χ3n) is 2.17. The Kier molecular flexibility index (Phi) is 10.1. The quantitative estimate of drug-likeness (QED) is 0.634. The summed E-state index contributed by atoms with van der Waals surface area (Å²) in [4.78, 5) is 0. The highest BCUT2D eigenvalue weighted by Gasteiger charge is 2.06. The summed E-state index contributed by atoms with van der Waals surface area (Å²) in [5, 5.41) is 3.57. The van der Waals surface area contributed by atoms with E-state index in [-0.39, 0.29) is 0 Å². The van der Waals surface area contributed by atoms with Crippen LogP contribution in [-0.4, -0.2) is 24.1 Å². The third kappa shape index (κ3) is 8.89. The number of thioether (sulfide) groups is 1. The van der Waals surface area contributed by atoms with Crippen molar-refractivity contribution in [3.8, 4) is 0 Å². The SMILES string of the molecule is CCCCC(CSCC(C)C)NCC. The van der Waals surface area contributed by atoms with Crippen molar-refractivity contribution in [1.29, 1.82) is 0 Å². The van der Waals surface area contributed by atoms with Crippen LogP contribution < -0.4 is 5.32 Å². The van der Waals surface area contributed by atoms with Gasteiger partial charge in [-0.25, -0.2) is 0 Å². The van der Waals surface area contributed by atoms with Crippen LogP contribution in [-0.2, 0) is 0 Å². The summed E-state index contributed by atoms with van der Waals surface area (Å²) in [5.41, 5.74) is 0. The Hall–Kier alpha value is 0.310. The van der Waals surface area contributed by atoms with E-state index in [9.17, 15) is 0 Å². The molecule has 0 aromatic carbocycles. The average molecular weight is 217 g/mol. The Morgan fingerprint density at radius 1 is 1.14 bits per heavy atom. The van der Waals surface area contributed by atoms with Gasteiger partial charge in [0.05, 0.1) is 0 Å². The van der Waals surface area contributed by atoms with Gasteiger partial charge in [0, 0.05) is 11.8 Å². The maximum absolute atomic E-state index is 3.57. The van der Waals surface area contributed by atoms with Crippen LogP contribution in [0, 0.1) is 5.92 Å². The maximum atomic E-state index is 3.57. The van der Waals surface area contributed by atoms with Crippen LogP contribution in [0.1, 0.15) is 47.0 Å². The van der Waals surface area contributed by atoms with Gasteiger partial charge in [-0.1, -0.05) is 40.5 Å². The minimum absolute atomic E-state index is 0.740. The molecule has 0 aliphatic heterocycles. The second kappa shape index (κ2) is 9.85. The molecule has 0 radical (unpaired) electrons. The molecular weight excluding hydrogens is 190 g/mol. The fraction of sp³-hybridized carbons (Fsp3) is 1.00. The molecule has 0 saturated heterocycles. The molecule has 0 fully saturated rings. The summed E-state index contributed by atoms with van der Waals surface area (Å²) >= 11 is 2.10. The lowest BCUT2D eigenvalue weighted by Gasteiger charge is -2.17. The van der Waals surface area contributed by atoms with Crippen molar-refractivity contribution < 1.29 is 0 Å². The molecular formula is C12H27NS. The van der Waals surface area contributed by atoms with E-state index >= 15 is 0 Å². The van der Waals surface area contributed by atoms with Gasteiger partial charge < -0.3 is 5.32 Å². The van der Waals surface area contributed by atoms with Gasteiger partial charge in [-0.05, 0) is 24.6 Å². The molecule has 0 aromatic rings. The zero-order chi connectivity index (χ0) is 10.8. The van der Waals surface area contributed by atoms with Crippen molar-refractivity contribution in [1.82, 2.24) is 5.32 Å². The molecule has 0 spiro atoms. The van der Waals surface area contributed by atoms with E-state index in [0.29, 0.717) is 0 Å². The molecule has 0 heterocycles. The first kappa shape index (κ1) is 14.3. The van der Waals surface area contributed by atoms with Gasteiger partial charge >= 0.3 is 0 Å². The lowest BCUT2D eigenvalue weighted by molar-refractivity contribution is 0.515. The molecule has 0 amide bonds. The van der Waals surface area contributed by atoms with Gasteiger partial charge in [-0.3, -0.25) is 0 Å². The van der Waals surface area contributed by atoms with Crippen molar-refractivity contribution >= 4 is 11.8 Å². The summed E-state index contributed by atoms with van der Waals surface area (Å²) in [6.07, 6.45) is 4.02. The lowest BCUT2D eigenvalue weighted by Crippen LogP contribution is -2.31. The third-order valence-corrected chi connectivity index (χ3v) is 3.71. The summed E-state index contributed by atoms with van der Waals surface area (Å²) in [5.74, 6) is 3.41. The molecule has 0 bridgehead atoms. The van der Waals surface area contributed by atoms with Crippen LogP contribution in [0.2, 0.25) is 0 Å². The van der Waals surface area contributed by atoms with Crippen LogP contribution in [0.15, 0.2) is 0 Å². The molecule has 1 unspecified atom stereocenters. The molecule has 2 heteroatoms. The van der Waals surface area contributed by atoms with Gasteiger partial charge in [-0.15, -0.1) is 0 Å². The van der Waals surface area contributed by atoms with Gasteiger partial charge in [0.15, 0.2) is 0 Å². The normalized spacial score (nSPS) is 13.5. The molecule has 0 saturated carbocycles. The van der Waals surface area contributed by atoms with Crippen LogP contribution >= 0.6 is 11.8 Å². The number of unbranched alkanes of at least 4 members (excludes halogenated alkanes) is 1. The molecule has 1 atom stereocenters. The van der Waals surface area contributed by atoms with Crippen molar-refractivity contribution in [3.05, 3.63) is 0 Å². The molecule has 0 aromatic heterocycles. The van der Waals surface area contributed by atoms with E-state index in [0.717, 1.165) is 18.5 Å². The number of hydrogen-bond acceptors (Lipinski definition) is 2. The largest absolute Gasteiger partial charge is 0.313 e. The van der Waals surface area contributed by atoms with Crippen molar-refractivity contribution in [3.63, 3.8) is 0 Å². The molecule has 86 valence electrons. The molecule has 1 N–H and O–H groups in total. The highest BCUT2D eigenvalue weighted by molar-refractivity contribution is 7.99. The van der Waals surface area contributed by atoms with E-state index in [1.807, 2.05) is 0 Å². The van der Waals surface area contributed by atoms with Crippen molar-refractivity contribution in [2.75, 3.05) is 18.1 Å². The van der Waals surface area contributed by atoms with Gasteiger partial charge in [0.2, 0.25) is 0 Å². The van der Waals surface area contributed by atoms with Gasteiger partial charge in [0.25, 0.3) is 0 Å². The summed E-state index contributed by atoms with van der Waals surface area (Å²) in [6.45, 7) is 10.2. The van der Waals surface area contributed by atoms with Crippen LogP contribution in [0.25, 0.3) is 0 Å². The Bertz CT molecular complexity index is 115. The number of rotatable bonds is 9. The van der Waals surface area contributed by atoms with Crippen molar-refractivity contribution in [2.24, 2.45) is 5.92 Å². The fourth-order valence-corrected chi connectivity index (χ4v) is 2.61. The van der Waals surface area contributed by atoms with Gasteiger partial charge in [0.1, 0.15) is 0 Å². The summed E-state index contributed by atoms with van der Waals surface area (Å²) in [7, 11) is 0. The standard InChI is InChI=1S/C12H27NS/c1-5-7-8-12(13-6-2)10-14-9-11(3)4/h11-13H,5-10H2,1-4H3. The number of nitrogens with one attached hydrogen (secondary N) is 1. The Balaban J connectivity index is 3.50. The maximum Gasteiger partial charge on any atom is 0.0158 e. The smallest absolute Gasteiger partial charge is 0.0158 e. The molecule has 0 rings (SSSR count). The fourth-order valence-electron chi connectivity index (χ4n) is 1.43. The Morgan fingerprint density at radius 2 is 1.86 bits per heavy atom. The van der Waals surface area contributed by atoms with Crippen molar-refractivity contribution in [2.45, 2.75) is 53.0 Å². The Labute approximate surface area is 94.4 Å². The average Bonchev–Trinajstić information content (AvgIpc) is 2.13. The minimum Gasteiger partial charge on any atom is -0.313 e. The first-order valence-electron chi connectivity index (χ1n) is 6.01. The topological polar surface area (TPSA) is 12.0 Å². The molecule has 1 nitrogen and oxygen atoms in total.